The molecule has 0 radical (unpaired) electrons. The van der Waals surface area contributed by atoms with Crippen LogP contribution >= 0.6 is 11.6 Å². The maximum Gasteiger partial charge on any atom is 0.317 e. The van der Waals surface area contributed by atoms with Gasteiger partial charge in [0.1, 0.15) is 11.9 Å². The van der Waals surface area contributed by atoms with Gasteiger partial charge in [-0.3, -0.25) is 0 Å². The molecular formula is C21H23ClN2O2. The number of nitrogens with zero attached hydrogens (tertiary/aromatic N) is 1. The standard InChI is InChI=1S/C21H23ClN2O2/c22-18-8-4-5-9-20(18)26-16-10-12-24(13-11-16)21(25)23-19-14-17(19)15-6-2-1-3-7-15/h1-9,16-17,19H,10-14H2,(H,23,25)/t17-,19+/m1/s1. The zero-order chi connectivity index (χ0) is 17.9. The first-order valence-corrected chi connectivity index (χ1v) is 9.60. The van der Waals surface area contributed by atoms with Crippen molar-refractivity contribution in [3.05, 3.63) is 65.2 Å². The Labute approximate surface area is 159 Å². The Bertz CT molecular complexity index is 760. The van der Waals surface area contributed by atoms with Crippen molar-refractivity contribution in [1.29, 1.82) is 0 Å². The summed E-state index contributed by atoms with van der Waals surface area (Å²) >= 11 is 6.15. The molecule has 0 bridgehead atoms. The van der Waals surface area contributed by atoms with Crippen LogP contribution in [0.3, 0.4) is 0 Å². The third kappa shape index (κ3) is 3.96. The average Bonchev–Trinajstić information content (AvgIpc) is 3.44. The fourth-order valence-electron chi connectivity index (χ4n) is 3.57. The number of rotatable bonds is 4. The fourth-order valence-corrected chi connectivity index (χ4v) is 3.75. The Morgan fingerprint density at radius 2 is 1.73 bits per heavy atom. The molecule has 4 nitrogen and oxygen atoms in total. The summed E-state index contributed by atoms with van der Waals surface area (Å²) in [6.45, 7) is 1.42. The fraction of sp³-hybridized carbons (Fsp3) is 0.381. The van der Waals surface area contributed by atoms with Crippen molar-refractivity contribution >= 4 is 17.6 Å². The molecule has 0 aromatic heterocycles. The van der Waals surface area contributed by atoms with Gasteiger partial charge < -0.3 is 15.0 Å². The zero-order valence-electron chi connectivity index (χ0n) is 14.6. The Hall–Kier alpha value is -2.20. The minimum atomic E-state index is 0.0459. The summed E-state index contributed by atoms with van der Waals surface area (Å²) in [5.74, 6) is 1.18. The number of benzene rings is 2. The maximum atomic E-state index is 12.5. The monoisotopic (exact) mass is 370 g/mol. The first kappa shape index (κ1) is 17.2. The van der Waals surface area contributed by atoms with Gasteiger partial charge in [0.15, 0.2) is 0 Å². The normalized spacial score (nSPS) is 22.7. The van der Waals surface area contributed by atoms with Crippen LogP contribution in [0.2, 0.25) is 5.02 Å². The topological polar surface area (TPSA) is 41.6 Å². The average molecular weight is 371 g/mol. The second-order valence-electron chi connectivity index (χ2n) is 7.04. The largest absolute Gasteiger partial charge is 0.489 e. The molecule has 4 rings (SSSR count). The Morgan fingerprint density at radius 1 is 1.04 bits per heavy atom. The van der Waals surface area contributed by atoms with Gasteiger partial charge in [0, 0.05) is 37.9 Å². The Kier molecular flexibility index (Phi) is 5.02. The highest BCUT2D eigenvalue weighted by Crippen LogP contribution is 2.40. The van der Waals surface area contributed by atoms with Crippen molar-refractivity contribution in [2.75, 3.05) is 13.1 Å². The molecule has 2 aliphatic rings. The van der Waals surface area contributed by atoms with Crippen LogP contribution in [0.5, 0.6) is 5.75 Å². The molecule has 0 unspecified atom stereocenters. The minimum Gasteiger partial charge on any atom is -0.489 e. The van der Waals surface area contributed by atoms with Crippen LogP contribution < -0.4 is 10.1 Å². The summed E-state index contributed by atoms with van der Waals surface area (Å²) in [5.41, 5.74) is 1.31. The number of halogens is 1. The number of likely N-dealkylation sites (tertiary alicyclic amines) is 1. The number of amides is 2. The number of ether oxygens (including phenoxy) is 1. The molecule has 136 valence electrons. The van der Waals surface area contributed by atoms with Gasteiger partial charge in [-0.2, -0.15) is 0 Å². The molecule has 26 heavy (non-hydrogen) atoms. The van der Waals surface area contributed by atoms with Crippen LogP contribution in [-0.2, 0) is 0 Å². The molecule has 5 heteroatoms. The third-order valence-corrected chi connectivity index (χ3v) is 5.50. The van der Waals surface area contributed by atoms with E-state index in [1.165, 1.54) is 5.56 Å². The van der Waals surface area contributed by atoms with Crippen LogP contribution in [0, 0.1) is 0 Å². The number of carbonyl (C=O) groups excluding carboxylic acids is 1. The van der Waals surface area contributed by atoms with Gasteiger partial charge >= 0.3 is 6.03 Å². The first-order chi connectivity index (χ1) is 12.7. The molecule has 2 aromatic carbocycles. The van der Waals surface area contributed by atoms with E-state index in [1.54, 1.807) is 0 Å². The highest BCUT2D eigenvalue weighted by Gasteiger charge is 2.40. The highest BCUT2D eigenvalue weighted by molar-refractivity contribution is 6.32. The van der Waals surface area contributed by atoms with Crippen LogP contribution in [0.15, 0.2) is 54.6 Å². The van der Waals surface area contributed by atoms with E-state index in [1.807, 2.05) is 35.2 Å². The number of nitrogens with one attached hydrogen (secondary N) is 1. The molecule has 2 fully saturated rings. The van der Waals surface area contributed by atoms with Crippen molar-refractivity contribution in [2.45, 2.75) is 37.3 Å². The predicted molar refractivity (Wildman–Crippen MR) is 103 cm³/mol. The minimum absolute atomic E-state index is 0.0459. The van der Waals surface area contributed by atoms with Gasteiger partial charge in [-0.25, -0.2) is 4.79 Å². The highest BCUT2D eigenvalue weighted by atomic mass is 35.5. The number of hydrogen-bond donors (Lipinski definition) is 1. The van der Waals surface area contributed by atoms with E-state index in [-0.39, 0.29) is 18.2 Å². The van der Waals surface area contributed by atoms with Crippen molar-refractivity contribution in [1.82, 2.24) is 10.2 Å². The van der Waals surface area contributed by atoms with Gasteiger partial charge in [-0.1, -0.05) is 54.1 Å². The molecule has 2 aromatic rings. The lowest BCUT2D eigenvalue weighted by atomic mass is 10.1. The number of urea groups is 1. The van der Waals surface area contributed by atoms with Gasteiger partial charge in [-0.15, -0.1) is 0 Å². The molecular weight excluding hydrogens is 348 g/mol. The Balaban J connectivity index is 1.24. The van der Waals surface area contributed by atoms with E-state index >= 15 is 0 Å². The lowest BCUT2D eigenvalue weighted by Crippen LogP contribution is -2.47. The van der Waals surface area contributed by atoms with Gasteiger partial charge in [0.2, 0.25) is 0 Å². The second kappa shape index (κ2) is 7.58. The summed E-state index contributed by atoms with van der Waals surface area (Å²) in [5, 5.41) is 3.80. The van der Waals surface area contributed by atoms with Crippen molar-refractivity contribution < 1.29 is 9.53 Å². The third-order valence-electron chi connectivity index (χ3n) is 5.19. The van der Waals surface area contributed by atoms with Crippen molar-refractivity contribution in [3.8, 4) is 5.75 Å². The molecule has 1 heterocycles. The van der Waals surface area contributed by atoms with E-state index < -0.39 is 0 Å². The predicted octanol–water partition coefficient (Wildman–Crippen LogP) is 4.45. The summed E-state index contributed by atoms with van der Waals surface area (Å²) in [6.07, 6.45) is 2.79. The Morgan fingerprint density at radius 3 is 2.46 bits per heavy atom. The van der Waals surface area contributed by atoms with Gasteiger partial charge in [0.25, 0.3) is 0 Å². The molecule has 1 aliphatic heterocycles. The van der Waals surface area contributed by atoms with Gasteiger partial charge in [0.05, 0.1) is 5.02 Å². The molecule has 2 amide bonds. The van der Waals surface area contributed by atoms with Crippen LogP contribution in [0.25, 0.3) is 0 Å². The van der Waals surface area contributed by atoms with E-state index in [2.05, 4.69) is 29.6 Å². The maximum absolute atomic E-state index is 12.5. The van der Waals surface area contributed by atoms with E-state index in [4.69, 9.17) is 16.3 Å². The van der Waals surface area contributed by atoms with E-state index in [0.717, 1.165) is 25.0 Å². The molecule has 1 aliphatic carbocycles. The van der Waals surface area contributed by atoms with Gasteiger partial charge in [-0.05, 0) is 24.1 Å². The number of para-hydroxylation sites is 1. The summed E-state index contributed by atoms with van der Waals surface area (Å²) in [7, 11) is 0. The van der Waals surface area contributed by atoms with Crippen LogP contribution in [0.1, 0.15) is 30.7 Å². The SMILES string of the molecule is O=C(N[C@H]1C[C@@H]1c1ccccc1)N1CCC(Oc2ccccc2Cl)CC1. The number of piperidine rings is 1. The van der Waals surface area contributed by atoms with Crippen LogP contribution in [0.4, 0.5) is 4.79 Å². The zero-order valence-corrected chi connectivity index (χ0v) is 15.4. The van der Waals surface area contributed by atoms with Crippen LogP contribution in [-0.4, -0.2) is 36.2 Å². The molecule has 1 saturated carbocycles. The molecule has 2 atom stereocenters. The number of carbonyl (C=O) groups is 1. The van der Waals surface area contributed by atoms with E-state index in [9.17, 15) is 4.79 Å². The van der Waals surface area contributed by atoms with E-state index in [0.29, 0.717) is 24.0 Å². The first-order valence-electron chi connectivity index (χ1n) is 9.22. The number of hydrogen-bond acceptors (Lipinski definition) is 2. The molecule has 1 N–H and O–H groups in total. The lowest BCUT2D eigenvalue weighted by Gasteiger charge is -2.32. The quantitative estimate of drug-likeness (QED) is 0.863. The summed E-state index contributed by atoms with van der Waals surface area (Å²) < 4.78 is 5.99. The molecule has 0 spiro atoms. The smallest absolute Gasteiger partial charge is 0.317 e. The summed E-state index contributed by atoms with van der Waals surface area (Å²) in [6, 6.07) is 18.2. The summed E-state index contributed by atoms with van der Waals surface area (Å²) in [4.78, 5) is 14.4. The van der Waals surface area contributed by atoms with Crippen molar-refractivity contribution in [3.63, 3.8) is 0 Å². The van der Waals surface area contributed by atoms with Crippen molar-refractivity contribution in [2.24, 2.45) is 0 Å². The second-order valence-corrected chi connectivity index (χ2v) is 7.45. The lowest BCUT2D eigenvalue weighted by molar-refractivity contribution is 0.111. The molecule has 1 saturated heterocycles.